The van der Waals surface area contributed by atoms with Crippen LogP contribution in [0, 0.1) is 11.8 Å². The first-order chi connectivity index (χ1) is 11.5. The van der Waals surface area contributed by atoms with Gasteiger partial charge < -0.3 is 0 Å². The van der Waals surface area contributed by atoms with E-state index < -0.39 is 0 Å². The van der Waals surface area contributed by atoms with E-state index in [1.165, 1.54) is 11.1 Å². The fourth-order valence-corrected chi connectivity index (χ4v) is 2.96. The molecule has 1 aliphatic rings. The van der Waals surface area contributed by atoms with E-state index in [0.29, 0.717) is 11.8 Å². The molecule has 0 aliphatic carbocycles. The number of aliphatic imine (C=N–C) groups is 1. The average Bonchev–Trinajstić information content (AvgIpc) is 3.11. The largest absolute Gasteiger partial charge is 0.289 e. The summed E-state index contributed by atoms with van der Waals surface area (Å²) < 4.78 is 0. The summed E-state index contributed by atoms with van der Waals surface area (Å²) in [5.74, 6) is 1.09. The van der Waals surface area contributed by atoms with Gasteiger partial charge in [-0.1, -0.05) is 50.3 Å². The number of nitrogens with zero attached hydrogens (tertiary/aromatic N) is 1. The summed E-state index contributed by atoms with van der Waals surface area (Å²) in [7, 11) is 0. The van der Waals surface area contributed by atoms with Crippen LogP contribution in [0.25, 0.3) is 0 Å². The van der Waals surface area contributed by atoms with Gasteiger partial charge in [0.15, 0.2) is 0 Å². The fraction of sp³-hybridized carbons (Fsp3) is 0.522. The molecule has 0 aromatic rings. The quantitative estimate of drug-likeness (QED) is 0.291. The molecular weight excluding hydrogens is 290 g/mol. The molecule has 1 aliphatic heterocycles. The number of allylic oxidation sites excluding steroid dienone is 5. The summed E-state index contributed by atoms with van der Waals surface area (Å²) in [6.07, 6.45) is 17.3. The van der Waals surface area contributed by atoms with Crippen LogP contribution in [0.3, 0.4) is 0 Å². The highest BCUT2D eigenvalue weighted by molar-refractivity contribution is 5.61. The predicted molar refractivity (Wildman–Crippen MR) is 110 cm³/mol. The molecule has 0 saturated carbocycles. The topological polar surface area (TPSA) is 12.4 Å². The third kappa shape index (κ3) is 6.86. The average molecular weight is 326 g/mol. The Labute approximate surface area is 149 Å². The van der Waals surface area contributed by atoms with Crippen LogP contribution in [-0.2, 0) is 0 Å². The fourth-order valence-electron chi connectivity index (χ4n) is 2.96. The van der Waals surface area contributed by atoms with E-state index in [4.69, 9.17) is 0 Å². The highest BCUT2D eigenvalue weighted by Crippen LogP contribution is 2.27. The monoisotopic (exact) mass is 325 g/mol. The Bertz CT molecular complexity index is 518. The lowest BCUT2D eigenvalue weighted by molar-refractivity contribution is 0.608. The molecule has 0 radical (unpaired) electrons. The first-order valence-corrected chi connectivity index (χ1v) is 9.31. The van der Waals surface area contributed by atoms with Gasteiger partial charge in [-0.3, -0.25) is 4.99 Å². The van der Waals surface area contributed by atoms with Crippen molar-refractivity contribution < 1.29 is 0 Å². The van der Waals surface area contributed by atoms with Crippen molar-refractivity contribution in [2.24, 2.45) is 16.8 Å². The van der Waals surface area contributed by atoms with Crippen LogP contribution in [0.5, 0.6) is 0 Å². The first kappa shape index (κ1) is 20.4. The lowest BCUT2D eigenvalue weighted by Gasteiger charge is -2.18. The van der Waals surface area contributed by atoms with Crippen LogP contribution in [-0.4, -0.2) is 12.3 Å². The Morgan fingerprint density at radius 2 is 1.75 bits per heavy atom. The van der Waals surface area contributed by atoms with Crippen molar-refractivity contribution in [3.63, 3.8) is 0 Å². The molecule has 1 rings (SSSR count). The van der Waals surface area contributed by atoms with Crippen molar-refractivity contribution in [1.29, 1.82) is 0 Å². The summed E-state index contributed by atoms with van der Waals surface area (Å²) in [5, 5.41) is 0. The number of hydrogen-bond acceptors (Lipinski definition) is 1. The Hall–Kier alpha value is -1.63. The van der Waals surface area contributed by atoms with Gasteiger partial charge in [0.2, 0.25) is 0 Å². The summed E-state index contributed by atoms with van der Waals surface area (Å²) in [5.41, 5.74) is 3.97. The van der Waals surface area contributed by atoms with E-state index in [2.05, 4.69) is 57.7 Å². The standard InChI is InChI=1S/C23H35N/c1-7-9-12-18(3)20(5)16-22(19(4)13-10-8-2)17-21(6)23-14-11-15-24-23/h7-8,15-19,23H,1-2,6,9-14H2,3-5H3/b20-16+,22-17+. The van der Waals surface area contributed by atoms with Crippen LogP contribution in [0.2, 0.25) is 0 Å². The van der Waals surface area contributed by atoms with Gasteiger partial charge in [-0.2, -0.15) is 0 Å². The molecule has 3 unspecified atom stereocenters. The molecule has 0 bridgehead atoms. The maximum absolute atomic E-state index is 4.55. The van der Waals surface area contributed by atoms with Crippen molar-refractivity contribution in [2.45, 2.75) is 65.3 Å². The van der Waals surface area contributed by atoms with Crippen molar-refractivity contribution in [3.8, 4) is 0 Å². The van der Waals surface area contributed by atoms with Gasteiger partial charge in [0.1, 0.15) is 0 Å². The summed E-state index contributed by atoms with van der Waals surface area (Å²) in [6, 6.07) is 0.276. The molecular formula is C23H35N. The van der Waals surface area contributed by atoms with Crippen LogP contribution >= 0.6 is 0 Å². The molecule has 0 spiro atoms. The van der Waals surface area contributed by atoms with Crippen molar-refractivity contribution in [3.05, 3.63) is 60.8 Å². The molecule has 0 amide bonds. The third-order valence-corrected chi connectivity index (χ3v) is 4.98. The SMILES string of the molecule is C=CCCC(C)C(=C/C(=C)C1CCC=N1)/C=C(\C)C(C)CCC=C. The zero-order valence-electron chi connectivity index (χ0n) is 15.9. The van der Waals surface area contributed by atoms with E-state index >= 15 is 0 Å². The Morgan fingerprint density at radius 1 is 1.12 bits per heavy atom. The molecule has 0 aromatic carbocycles. The van der Waals surface area contributed by atoms with E-state index in [1.807, 2.05) is 18.4 Å². The van der Waals surface area contributed by atoms with Crippen LogP contribution in [0.15, 0.2) is 65.8 Å². The molecule has 132 valence electrons. The molecule has 0 fully saturated rings. The van der Waals surface area contributed by atoms with Gasteiger partial charge in [0, 0.05) is 0 Å². The van der Waals surface area contributed by atoms with Gasteiger partial charge >= 0.3 is 0 Å². The lowest BCUT2D eigenvalue weighted by Crippen LogP contribution is -2.05. The zero-order chi connectivity index (χ0) is 17.9. The Balaban J connectivity index is 2.94. The minimum absolute atomic E-state index is 0.276. The molecule has 0 saturated heterocycles. The number of rotatable bonds is 11. The lowest BCUT2D eigenvalue weighted by atomic mass is 9.88. The second-order valence-electron chi connectivity index (χ2n) is 7.07. The van der Waals surface area contributed by atoms with E-state index in [9.17, 15) is 0 Å². The second-order valence-corrected chi connectivity index (χ2v) is 7.07. The third-order valence-electron chi connectivity index (χ3n) is 4.98. The highest BCUT2D eigenvalue weighted by atomic mass is 14.8. The maximum atomic E-state index is 4.55. The van der Waals surface area contributed by atoms with Crippen LogP contribution in [0.4, 0.5) is 0 Å². The summed E-state index contributed by atoms with van der Waals surface area (Å²) >= 11 is 0. The smallest absolute Gasteiger partial charge is 0.0743 e. The molecule has 1 heteroatoms. The van der Waals surface area contributed by atoms with Crippen molar-refractivity contribution >= 4 is 6.21 Å². The summed E-state index contributed by atoms with van der Waals surface area (Å²) in [4.78, 5) is 4.55. The maximum Gasteiger partial charge on any atom is 0.0743 e. The van der Waals surface area contributed by atoms with Crippen LogP contribution < -0.4 is 0 Å². The molecule has 1 nitrogen and oxygen atoms in total. The van der Waals surface area contributed by atoms with Crippen molar-refractivity contribution in [1.82, 2.24) is 0 Å². The van der Waals surface area contributed by atoms with E-state index in [-0.39, 0.29) is 6.04 Å². The molecule has 24 heavy (non-hydrogen) atoms. The highest BCUT2D eigenvalue weighted by Gasteiger charge is 2.15. The molecule has 3 atom stereocenters. The first-order valence-electron chi connectivity index (χ1n) is 9.31. The predicted octanol–water partition coefficient (Wildman–Crippen LogP) is 6.85. The van der Waals surface area contributed by atoms with E-state index in [1.54, 1.807) is 0 Å². The molecule has 0 N–H and O–H groups in total. The minimum atomic E-state index is 0.276. The molecule has 1 heterocycles. The zero-order valence-corrected chi connectivity index (χ0v) is 15.9. The Morgan fingerprint density at radius 3 is 2.29 bits per heavy atom. The van der Waals surface area contributed by atoms with Gasteiger partial charge in [-0.05, 0) is 74.6 Å². The van der Waals surface area contributed by atoms with Crippen LogP contribution in [0.1, 0.15) is 59.3 Å². The van der Waals surface area contributed by atoms with Gasteiger partial charge in [0.25, 0.3) is 0 Å². The minimum Gasteiger partial charge on any atom is -0.289 e. The van der Waals surface area contributed by atoms with Gasteiger partial charge in [-0.15, -0.1) is 13.2 Å². The van der Waals surface area contributed by atoms with Gasteiger partial charge in [0.05, 0.1) is 6.04 Å². The second kappa shape index (κ2) is 11.0. The molecule has 0 aromatic heterocycles. The normalized spacial score (nSPS) is 20.7. The van der Waals surface area contributed by atoms with Gasteiger partial charge in [-0.25, -0.2) is 0 Å². The van der Waals surface area contributed by atoms with E-state index in [0.717, 1.165) is 44.1 Å². The Kier molecular flexibility index (Phi) is 9.37. The number of hydrogen-bond donors (Lipinski definition) is 0. The summed E-state index contributed by atoms with van der Waals surface area (Å²) in [6.45, 7) is 18.8. The van der Waals surface area contributed by atoms with Crippen molar-refractivity contribution in [2.75, 3.05) is 0 Å².